The van der Waals surface area contributed by atoms with Crippen molar-refractivity contribution in [1.82, 2.24) is 15.0 Å². The molecule has 66 heavy (non-hydrogen) atoms. The zero-order valence-electron chi connectivity index (χ0n) is 37.9. The van der Waals surface area contributed by atoms with E-state index in [2.05, 4.69) is 181 Å². The van der Waals surface area contributed by atoms with E-state index in [0.717, 1.165) is 74.8 Å². The third kappa shape index (κ3) is 9.48. The monoisotopic (exact) mass is 918 g/mol. The molecular formula is C57H54N6S3. The van der Waals surface area contributed by atoms with Crippen LogP contribution in [0.3, 0.4) is 0 Å². The lowest BCUT2D eigenvalue weighted by Crippen LogP contribution is -2.21. The topological polar surface area (TPSA) is 48.4 Å². The summed E-state index contributed by atoms with van der Waals surface area (Å²) in [4.78, 5) is 30.2. The number of fused-ring (bicyclic) bond motifs is 6. The third-order valence-electron chi connectivity index (χ3n) is 12.1. The fourth-order valence-electron chi connectivity index (χ4n) is 8.68. The molecule has 0 saturated heterocycles. The molecule has 0 N–H and O–H groups in total. The van der Waals surface area contributed by atoms with Crippen LogP contribution in [0.15, 0.2) is 157 Å². The Balaban J connectivity index is 0.981. The zero-order chi connectivity index (χ0) is 44.8. The van der Waals surface area contributed by atoms with Crippen molar-refractivity contribution < 1.29 is 0 Å². The summed E-state index contributed by atoms with van der Waals surface area (Å²) in [6.45, 7) is 9.71. The second kappa shape index (κ2) is 20.3. The minimum Gasteiger partial charge on any atom is -0.340 e. The Morgan fingerprint density at radius 1 is 0.348 bits per heavy atom. The van der Waals surface area contributed by atoms with Crippen LogP contribution in [0.2, 0.25) is 0 Å². The molecule has 0 spiro atoms. The Bertz CT molecular complexity index is 2650. The van der Waals surface area contributed by atoms with Gasteiger partial charge in [0.2, 0.25) is 0 Å². The van der Waals surface area contributed by atoms with Gasteiger partial charge >= 0.3 is 0 Å². The number of para-hydroxylation sites is 3. The van der Waals surface area contributed by atoms with E-state index in [1.807, 2.05) is 53.5 Å². The predicted octanol–water partition coefficient (Wildman–Crippen LogP) is 16.6. The van der Waals surface area contributed by atoms with E-state index in [0.29, 0.717) is 17.5 Å². The summed E-state index contributed by atoms with van der Waals surface area (Å²) in [5, 5.41) is 0. The SMILES string of the molecule is CCCCN1c2ccccc2Sc2ccc(/C=C/c3nc(/C=C/c4ccc5c(c4)N(CCCC)c4ccccc4S5)nc(/C=C/c4ccc5c(c4)N(CCCC)c4ccccc4S5)n3)cc21. The van der Waals surface area contributed by atoms with Gasteiger partial charge in [-0.25, -0.2) is 15.0 Å². The highest BCUT2D eigenvalue weighted by Gasteiger charge is 2.26. The normalized spacial score (nSPS) is 13.8. The molecule has 10 rings (SSSR count). The van der Waals surface area contributed by atoms with E-state index < -0.39 is 0 Å². The van der Waals surface area contributed by atoms with Crippen molar-refractivity contribution in [3.63, 3.8) is 0 Å². The molecule has 0 amide bonds. The lowest BCUT2D eigenvalue weighted by atomic mass is 10.1. The van der Waals surface area contributed by atoms with Crippen molar-refractivity contribution >= 4 is 106 Å². The molecule has 3 aliphatic heterocycles. The van der Waals surface area contributed by atoms with Crippen molar-refractivity contribution in [2.75, 3.05) is 34.3 Å². The van der Waals surface area contributed by atoms with Crippen LogP contribution in [-0.2, 0) is 0 Å². The highest BCUT2D eigenvalue weighted by atomic mass is 32.2. The quantitative estimate of drug-likeness (QED) is 0.100. The number of hydrogen-bond donors (Lipinski definition) is 0. The Kier molecular flexibility index (Phi) is 13.5. The molecule has 0 bridgehead atoms. The van der Waals surface area contributed by atoms with Gasteiger partial charge in [-0.2, -0.15) is 0 Å². The molecule has 6 aromatic carbocycles. The summed E-state index contributed by atoms with van der Waals surface area (Å²) >= 11 is 5.54. The third-order valence-corrected chi connectivity index (χ3v) is 15.5. The molecular weight excluding hydrogens is 865 g/mol. The van der Waals surface area contributed by atoms with E-state index >= 15 is 0 Å². The van der Waals surface area contributed by atoms with Crippen LogP contribution in [0.1, 0.15) is 93.5 Å². The van der Waals surface area contributed by atoms with Crippen LogP contribution in [0.25, 0.3) is 36.5 Å². The van der Waals surface area contributed by atoms with Gasteiger partial charge in [-0.05, 0) is 127 Å². The Labute approximate surface area is 403 Å². The maximum Gasteiger partial charge on any atom is 0.156 e. The Morgan fingerprint density at radius 2 is 0.636 bits per heavy atom. The maximum absolute atomic E-state index is 5.01. The molecule has 3 aliphatic rings. The fraction of sp³-hybridized carbons (Fsp3) is 0.211. The molecule has 1 aromatic heterocycles. The first-order valence-electron chi connectivity index (χ1n) is 23.4. The van der Waals surface area contributed by atoms with E-state index in [1.54, 1.807) is 0 Å². The standard InChI is InChI=1S/C57H54N6S3/c1-4-7-34-61-43-16-10-13-19-49(43)64-52-28-22-40(37-46(52)61)25-31-55-58-56(32-26-41-23-29-53-47(38-41)62(35-8-5-2)44-17-11-14-20-50(44)65-53)60-57(59-55)33-27-42-24-30-54-48(39-42)63(36-9-6-3)45-18-12-15-21-51(45)66-54/h10-33,37-39H,4-9,34-36H2,1-3H3/b31-25+,32-26+,33-27+. The van der Waals surface area contributed by atoms with Crippen molar-refractivity contribution in [2.24, 2.45) is 0 Å². The van der Waals surface area contributed by atoms with Crippen molar-refractivity contribution in [1.29, 1.82) is 0 Å². The molecule has 0 fully saturated rings. The summed E-state index contributed by atoms with van der Waals surface area (Å²) in [5.41, 5.74) is 10.9. The van der Waals surface area contributed by atoms with E-state index in [1.165, 1.54) is 63.5 Å². The average molecular weight is 919 g/mol. The van der Waals surface area contributed by atoms with Crippen molar-refractivity contribution in [2.45, 2.75) is 88.7 Å². The highest BCUT2D eigenvalue weighted by molar-refractivity contribution is 8.00. The molecule has 7 aromatic rings. The van der Waals surface area contributed by atoms with E-state index in [9.17, 15) is 0 Å². The molecule has 0 unspecified atom stereocenters. The van der Waals surface area contributed by atoms with Gasteiger partial charge < -0.3 is 14.7 Å². The summed E-state index contributed by atoms with van der Waals surface area (Å²) < 4.78 is 0. The lowest BCUT2D eigenvalue weighted by Gasteiger charge is -2.33. The summed E-state index contributed by atoms with van der Waals surface area (Å²) in [7, 11) is 0. The highest BCUT2D eigenvalue weighted by Crippen LogP contribution is 2.51. The van der Waals surface area contributed by atoms with Gasteiger partial charge in [0, 0.05) is 49.0 Å². The number of benzene rings is 6. The van der Waals surface area contributed by atoms with Crippen molar-refractivity contribution in [3.8, 4) is 0 Å². The van der Waals surface area contributed by atoms with E-state index in [-0.39, 0.29) is 0 Å². The average Bonchev–Trinajstić information content (AvgIpc) is 3.35. The largest absolute Gasteiger partial charge is 0.340 e. The van der Waals surface area contributed by atoms with Crippen LogP contribution in [0, 0.1) is 0 Å². The minimum absolute atomic E-state index is 0.609. The molecule has 330 valence electrons. The van der Waals surface area contributed by atoms with Crippen LogP contribution in [-0.4, -0.2) is 34.6 Å². The number of hydrogen-bond acceptors (Lipinski definition) is 9. The summed E-state index contributed by atoms with van der Waals surface area (Å²) in [6, 6.07) is 46.5. The van der Waals surface area contributed by atoms with E-state index in [4.69, 9.17) is 15.0 Å². The predicted molar refractivity (Wildman–Crippen MR) is 283 cm³/mol. The number of rotatable bonds is 15. The van der Waals surface area contributed by atoms with Gasteiger partial charge in [-0.15, -0.1) is 0 Å². The van der Waals surface area contributed by atoms with Crippen molar-refractivity contribution in [3.05, 3.63) is 162 Å². The first-order chi connectivity index (χ1) is 32.5. The summed E-state index contributed by atoms with van der Waals surface area (Å²) in [6.07, 6.45) is 19.3. The number of unbranched alkanes of at least 4 members (excludes halogenated alkanes) is 3. The zero-order valence-corrected chi connectivity index (χ0v) is 40.3. The second-order valence-corrected chi connectivity index (χ2v) is 20.1. The molecule has 0 saturated carbocycles. The van der Waals surface area contributed by atoms with Crippen LogP contribution in [0.4, 0.5) is 34.1 Å². The maximum atomic E-state index is 5.01. The molecule has 0 aliphatic carbocycles. The lowest BCUT2D eigenvalue weighted by molar-refractivity contribution is 0.777. The molecule has 0 atom stereocenters. The van der Waals surface area contributed by atoms with Gasteiger partial charge in [0.05, 0.1) is 34.1 Å². The Morgan fingerprint density at radius 3 is 0.939 bits per heavy atom. The van der Waals surface area contributed by atoms with Gasteiger partial charge in [-0.1, -0.05) is 148 Å². The first kappa shape index (κ1) is 43.9. The second-order valence-electron chi connectivity index (χ2n) is 16.8. The molecule has 6 nitrogen and oxygen atoms in total. The molecule has 0 radical (unpaired) electrons. The first-order valence-corrected chi connectivity index (χ1v) is 25.9. The van der Waals surface area contributed by atoms with Gasteiger partial charge in [0.25, 0.3) is 0 Å². The van der Waals surface area contributed by atoms with Gasteiger partial charge in [0.15, 0.2) is 17.5 Å². The number of aromatic nitrogens is 3. The minimum atomic E-state index is 0.609. The molecule has 9 heteroatoms. The Hall–Kier alpha value is -6.00. The fourth-order valence-corrected chi connectivity index (χ4v) is 11.9. The number of nitrogens with zero attached hydrogens (tertiary/aromatic N) is 6. The van der Waals surface area contributed by atoms with Crippen LogP contribution < -0.4 is 14.7 Å². The summed E-state index contributed by atoms with van der Waals surface area (Å²) in [5.74, 6) is 1.83. The van der Waals surface area contributed by atoms with Gasteiger partial charge in [0.1, 0.15) is 0 Å². The molecule has 4 heterocycles. The van der Waals surface area contributed by atoms with Crippen LogP contribution in [0.5, 0.6) is 0 Å². The van der Waals surface area contributed by atoms with Gasteiger partial charge in [-0.3, -0.25) is 0 Å². The number of anilines is 6. The smallest absolute Gasteiger partial charge is 0.156 e. The van der Waals surface area contributed by atoms with Crippen LogP contribution >= 0.6 is 35.3 Å².